The average Bonchev–Trinajstić information content (AvgIpc) is 2.36. The second-order valence-corrected chi connectivity index (χ2v) is 4.58. The molecule has 1 atom stereocenters. The third-order valence-electron chi connectivity index (χ3n) is 3.09. The van der Waals surface area contributed by atoms with Gasteiger partial charge in [0.15, 0.2) is 12.2 Å². The van der Waals surface area contributed by atoms with Crippen molar-refractivity contribution < 1.29 is 33.4 Å². The minimum absolute atomic E-state index is 0.159. The quantitative estimate of drug-likeness (QED) is 0.759. The van der Waals surface area contributed by atoms with Gasteiger partial charge in [-0.15, -0.1) is 0 Å². The van der Waals surface area contributed by atoms with Gasteiger partial charge < -0.3 is 14.6 Å². The fourth-order valence-corrected chi connectivity index (χ4v) is 2.20. The number of carboxylic acid groups (broad SMARTS) is 1. The number of carboxylic acids is 1. The van der Waals surface area contributed by atoms with Crippen molar-refractivity contribution in [2.24, 2.45) is 0 Å². The number of hydrogen-bond acceptors (Lipinski definition) is 5. The molecular weight excluding hydrogens is 259 g/mol. The summed E-state index contributed by atoms with van der Waals surface area (Å²) in [6.45, 7) is 0.488. The third kappa shape index (κ3) is 4.18. The van der Waals surface area contributed by atoms with E-state index in [4.69, 9.17) is 9.84 Å². The van der Waals surface area contributed by atoms with Crippen LogP contribution < -0.4 is 0 Å². The Kier molecular flexibility index (Phi) is 5.26. The van der Waals surface area contributed by atoms with Gasteiger partial charge in [-0.3, -0.25) is 4.79 Å². The van der Waals surface area contributed by atoms with E-state index in [1.54, 1.807) is 0 Å². The Morgan fingerprint density at radius 2 is 1.84 bits per heavy atom. The molecule has 1 N–H and O–H groups in total. The molecule has 1 aliphatic carbocycles. The minimum atomic E-state index is -2.27. The van der Waals surface area contributed by atoms with Crippen LogP contribution in [0.2, 0.25) is 0 Å². The van der Waals surface area contributed by atoms with E-state index >= 15 is 0 Å². The second kappa shape index (κ2) is 6.49. The van der Waals surface area contributed by atoms with E-state index in [2.05, 4.69) is 4.74 Å². The van der Waals surface area contributed by atoms with Gasteiger partial charge in [-0.05, 0) is 25.7 Å². The van der Waals surface area contributed by atoms with Crippen LogP contribution in [0.15, 0.2) is 0 Å². The van der Waals surface area contributed by atoms with Crippen LogP contribution in [0.4, 0.5) is 4.39 Å². The average molecular weight is 276 g/mol. The fraction of sp³-hybridized carbons (Fsp3) is 0.750. The van der Waals surface area contributed by atoms with E-state index in [0.29, 0.717) is 12.8 Å². The van der Waals surface area contributed by atoms with Gasteiger partial charge in [0, 0.05) is 6.92 Å². The number of rotatable bonds is 5. The summed E-state index contributed by atoms with van der Waals surface area (Å²) >= 11 is 0. The van der Waals surface area contributed by atoms with E-state index < -0.39 is 36.3 Å². The van der Waals surface area contributed by atoms with Gasteiger partial charge in [0.05, 0.1) is 0 Å². The SMILES string of the molecule is CC(=O)OCC(=O)OC1(C(F)C(=O)O)CCCCC1. The zero-order valence-corrected chi connectivity index (χ0v) is 10.7. The number of ether oxygens (including phenoxy) is 2. The van der Waals surface area contributed by atoms with Crippen molar-refractivity contribution in [1.82, 2.24) is 0 Å². The number of carbonyl (C=O) groups is 3. The molecular formula is C12H17FO6. The predicted molar refractivity (Wildman–Crippen MR) is 61.1 cm³/mol. The molecule has 0 spiro atoms. The molecule has 0 saturated heterocycles. The van der Waals surface area contributed by atoms with Crippen molar-refractivity contribution in [2.45, 2.75) is 50.8 Å². The van der Waals surface area contributed by atoms with Crippen molar-refractivity contribution >= 4 is 17.9 Å². The Bertz CT molecular complexity index is 361. The van der Waals surface area contributed by atoms with Gasteiger partial charge in [-0.1, -0.05) is 6.42 Å². The van der Waals surface area contributed by atoms with Crippen molar-refractivity contribution in [3.05, 3.63) is 0 Å². The molecule has 0 aromatic heterocycles. The smallest absolute Gasteiger partial charge is 0.344 e. The molecule has 0 aromatic rings. The first-order chi connectivity index (χ1) is 8.87. The Morgan fingerprint density at radius 3 is 2.32 bits per heavy atom. The molecule has 0 radical (unpaired) electrons. The van der Waals surface area contributed by atoms with Gasteiger partial charge in [0.25, 0.3) is 0 Å². The molecule has 7 heteroatoms. The molecule has 1 saturated carbocycles. The van der Waals surface area contributed by atoms with Crippen LogP contribution in [0.1, 0.15) is 39.0 Å². The van der Waals surface area contributed by atoms with Crippen LogP contribution >= 0.6 is 0 Å². The highest BCUT2D eigenvalue weighted by atomic mass is 19.1. The lowest BCUT2D eigenvalue weighted by atomic mass is 9.81. The van der Waals surface area contributed by atoms with Crippen LogP contribution in [0.25, 0.3) is 0 Å². The van der Waals surface area contributed by atoms with Gasteiger partial charge in [0.1, 0.15) is 0 Å². The standard InChI is InChI=1S/C12H17FO6/c1-8(14)18-7-9(15)19-12(10(13)11(16)17)5-3-2-4-6-12/h10H,2-7H2,1H3,(H,16,17). The lowest BCUT2D eigenvalue weighted by Crippen LogP contribution is -2.50. The highest BCUT2D eigenvalue weighted by Crippen LogP contribution is 2.36. The largest absolute Gasteiger partial charge is 0.479 e. The highest BCUT2D eigenvalue weighted by Gasteiger charge is 2.48. The summed E-state index contributed by atoms with van der Waals surface area (Å²) < 4.78 is 23.3. The summed E-state index contributed by atoms with van der Waals surface area (Å²) in [5.74, 6) is -3.24. The van der Waals surface area contributed by atoms with Crippen LogP contribution in [-0.2, 0) is 23.9 Å². The van der Waals surface area contributed by atoms with Crippen LogP contribution in [0.3, 0.4) is 0 Å². The van der Waals surface area contributed by atoms with E-state index in [1.165, 1.54) is 0 Å². The summed E-state index contributed by atoms with van der Waals surface area (Å²) in [7, 11) is 0. The fourth-order valence-electron chi connectivity index (χ4n) is 2.20. The van der Waals surface area contributed by atoms with Gasteiger partial charge >= 0.3 is 17.9 Å². The zero-order chi connectivity index (χ0) is 14.5. The molecule has 108 valence electrons. The van der Waals surface area contributed by atoms with Crippen molar-refractivity contribution in [1.29, 1.82) is 0 Å². The number of carbonyl (C=O) groups excluding carboxylic acids is 2. The molecule has 0 bridgehead atoms. The molecule has 0 amide bonds. The lowest BCUT2D eigenvalue weighted by Gasteiger charge is -2.37. The molecule has 1 aliphatic rings. The molecule has 1 fully saturated rings. The number of esters is 2. The zero-order valence-electron chi connectivity index (χ0n) is 10.7. The summed E-state index contributed by atoms with van der Waals surface area (Å²) in [5.41, 5.74) is -1.64. The summed E-state index contributed by atoms with van der Waals surface area (Å²) in [4.78, 5) is 32.9. The first-order valence-corrected chi connectivity index (χ1v) is 6.09. The van der Waals surface area contributed by atoms with E-state index in [0.717, 1.165) is 13.3 Å². The predicted octanol–water partition coefficient (Wildman–Crippen LogP) is 1.22. The van der Waals surface area contributed by atoms with Gasteiger partial charge in [0.2, 0.25) is 6.17 Å². The van der Waals surface area contributed by atoms with E-state index in [1.807, 2.05) is 0 Å². The molecule has 1 unspecified atom stereocenters. The van der Waals surface area contributed by atoms with Gasteiger partial charge in [-0.2, -0.15) is 0 Å². The number of halogens is 1. The van der Waals surface area contributed by atoms with E-state index in [-0.39, 0.29) is 12.8 Å². The van der Waals surface area contributed by atoms with Crippen molar-refractivity contribution in [3.8, 4) is 0 Å². The molecule has 0 aromatic carbocycles. The highest BCUT2D eigenvalue weighted by molar-refractivity contribution is 5.78. The Morgan fingerprint density at radius 1 is 1.26 bits per heavy atom. The number of aliphatic carboxylic acids is 1. The molecule has 19 heavy (non-hydrogen) atoms. The first kappa shape index (κ1) is 15.4. The monoisotopic (exact) mass is 276 g/mol. The topological polar surface area (TPSA) is 89.9 Å². The Labute approximate surface area is 109 Å². The minimum Gasteiger partial charge on any atom is -0.479 e. The normalized spacial score (nSPS) is 19.3. The number of alkyl halides is 1. The first-order valence-electron chi connectivity index (χ1n) is 6.09. The van der Waals surface area contributed by atoms with Crippen molar-refractivity contribution in [3.63, 3.8) is 0 Å². The second-order valence-electron chi connectivity index (χ2n) is 4.58. The maximum absolute atomic E-state index is 13.8. The third-order valence-corrected chi connectivity index (χ3v) is 3.09. The van der Waals surface area contributed by atoms with E-state index in [9.17, 15) is 18.8 Å². The summed E-state index contributed by atoms with van der Waals surface area (Å²) in [6, 6.07) is 0. The summed E-state index contributed by atoms with van der Waals surface area (Å²) in [6.07, 6.45) is 0.0751. The molecule has 6 nitrogen and oxygen atoms in total. The maximum atomic E-state index is 13.8. The Hall–Kier alpha value is -1.66. The van der Waals surface area contributed by atoms with Crippen molar-refractivity contribution in [2.75, 3.05) is 6.61 Å². The number of hydrogen-bond donors (Lipinski definition) is 1. The molecule has 0 aliphatic heterocycles. The van der Waals surface area contributed by atoms with Gasteiger partial charge in [-0.25, -0.2) is 14.0 Å². The lowest BCUT2D eigenvalue weighted by molar-refractivity contribution is -0.186. The van der Waals surface area contributed by atoms with Crippen LogP contribution in [-0.4, -0.2) is 41.4 Å². The van der Waals surface area contributed by atoms with Crippen LogP contribution in [0, 0.1) is 0 Å². The summed E-state index contributed by atoms with van der Waals surface area (Å²) in [5, 5.41) is 8.78. The Balaban J connectivity index is 2.71. The van der Waals surface area contributed by atoms with Crippen LogP contribution in [0.5, 0.6) is 0 Å². The molecule has 0 heterocycles. The maximum Gasteiger partial charge on any atom is 0.344 e. The molecule has 1 rings (SSSR count).